The molecule has 0 bridgehead atoms. The normalized spacial score (nSPS) is 28.6. The van der Waals surface area contributed by atoms with Crippen molar-refractivity contribution in [1.29, 1.82) is 0 Å². The highest BCUT2D eigenvalue weighted by Gasteiger charge is 2.37. The van der Waals surface area contributed by atoms with Crippen LogP contribution in [0.5, 0.6) is 0 Å². The molecule has 0 radical (unpaired) electrons. The molecule has 2 atom stereocenters. The van der Waals surface area contributed by atoms with Crippen LogP contribution in [0.1, 0.15) is 62.3 Å². The van der Waals surface area contributed by atoms with Crippen LogP contribution in [-0.4, -0.2) is 22.6 Å². The van der Waals surface area contributed by atoms with E-state index in [1.807, 2.05) is 0 Å². The molecule has 0 spiro atoms. The third-order valence-electron chi connectivity index (χ3n) is 5.48. The summed E-state index contributed by atoms with van der Waals surface area (Å²) in [5.74, 6) is 10.0. The van der Waals surface area contributed by atoms with Crippen molar-refractivity contribution in [3.63, 3.8) is 0 Å². The van der Waals surface area contributed by atoms with Crippen LogP contribution in [0.15, 0.2) is 0 Å². The molecule has 1 saturated heterocycles. The minimum atomic E-state index is 0.556. The Morgan fingerprint density at radius 2 is 1.90 bits per heavy atom. The zero-order valence-electron chi connectivity index (χ0n) is 12.8. The van der Waals surface area contributed by atoms with Crippen molar-refractivity contribution in [3.05, 3.63) is 11.4 Å². The molecular weight excluding hydrogens is 262 g/mol. The first-order valence-corrected chi connectivity index (χ1v) is 8.39. The van der Waals surface area contributed by atoms with Gasteiger partial charge in [0.1, 0.15) is 17.5 Å². The van der Waals surface area contributed by atoms with Gasteiger partial charge in [-0.1, -0.05) is 6.42 Å². The largest absolute Gasteiger partial charge is 0.353 e. The van der Waals surface area contributed by atoms with Crippen molar-refractivity contribution in [2.75, 3.05) is 16.9 Å². The smallest absolute Gasteiger partial charge is 0.148 e. The average molecular weight is 287 g/mol. The lowest BCUT2D eigenvalue weighted by Crippen LogP contribution is -2.43. The van der Waals surface area contributed by atoms with E-state index in [0.29, 0.717) is 12.0 Å². The van der Waals surface area contributed by atoms with E-state index in [4.69, 9.17) is 10.8 Å². The lowest BCUT2D eigenvalue weighted by Gasteiger charge is -2.39. The molecule has 2 unspecified atom stereocenters. The summed E-state index contributed by atoms with van der Waals surface area (Å²) in [5, 5.41) is 0. The van der Waals surface area contributed by atoms with Crippen LogP contribution < -0.4 is 16.2 Å². The van der Waals surface area contributed by atoms with Crippen molar-refractivity contribution in [3.8, 4) is 0 Å². The highest BCUT2D eigenvalue weighted by molar-refractivity contribution is 5.59. The zero-order chi connectivity index (χ0) is 14.4. The predicted octanol–water partition coefficient (Wildman–Crippen LogP) is 2.72. The third-order valence-corrected chi connectivity index (χ3v) is 5.48. The second-order valence-corrected chi connectivity index (χ2v) is 6.89. The maximum atomic E-state index is 5.69. The first-order valence-electron chi connectivity index (χ1n) is 8.39. The number of fused-ring (bicyclic) bond motifs is 1. The van der Waals surface area contributed by atoms with Gasteiger partial charge in [-0.2, -0.15) is 0 Å². The van der Waals surface area contributed by atoms with Gasteiger partial charge in [-0.3, -0.25) is 0 Å². The van der Waals surface area contributed by atoms with Crippen LogP contribution in [0.4, 0.5) is 11.6 Å². The minimum absolute atomic E-state index is 0.556. The van der Waals surface area contributed by atoms with Crippen molar-refractivity contribution in [2.24, 2.45) is 11.8 Å². The number of hydrogen-bond donors (Lipinski definition) is 2. The molecule has 3 fully saturated rings. The molecule has 2 saturated carbocycles. The fourth-order valence-corrected chi connectivity index (χ4v) is 4.18. The average Bonchev–Trinajstić information content (AvgIpc) is 3.24. The maximum absolute atomic E-state index is 5.69. The Labute approximate surface area is 126 Å². The van der Waals surface area contributed by atoms with Crippen LogP contribution in [0.2, 0.25) is 0 Å². The van der Waals surface area contributed by atoms with Gasteiger partial charge >= 0.3 is 0 Å². The number of hydrazine groups is 1. The molecule has 1 aliphatic heterocycles. The molecule has 0 amide bonds. The number of rotatable bonds is 3. The fraction of sp³-hybridized carbons (Fsp3) is 0.750. The van der Waals surface area contributed by atoms with Crippen LogP contribution >= 0.6 is 0 Å². The molecular formula is C16H25N5. The summed E-state index contributed by atoms with van der Waals surface area (Å²) in [4.78, 5) is 12.1. The summed E-state index contributed by atoms with van der Waals surface area (Å²) in [5.41, 5.74) is 3.89. The number of piperidine rings is 1. The second kappa shape index (κ2) is 5.13. The molecule has 21 heavy (non-hydrogen) atoms. The van der Waals surface area contributed by atoms with Crippen molar-refractivity contribution in [1.82, 2.24) is 9.97 Å². The van der Waals surface area contributed by atoms with Crippen LogP contribution in [0.25, 0.3) is 0 Å². The van der Waals surface area contributed by atoms with Gasteiger partial charge in [-0.25, -0.2) is 15.8 Å². The van der Waals surface area contributed by atoms with E-state index in [-0.39, 0.29) is 0 Å². The second-order valence-electron chi connectivity index (χ2n) is 6.89. The molecule has 3 N–H and O–H groups in total. The lowest BCUT2D eigenvalue weighted by atomic mass is 9.91. The summed E-state index contributed by atoms with van der Waals surface area (Å²) in [6.45, 7) is 3.23. The van der Waals surface area contributed by atoms with E-state index >= 15 is 0 Å². The molecule has 1 aromatic heterocycles. The summed E-state index contributed by atoms with van der Waals surface area (Å²) >= 11 is 0. The SMILES string of the molecule is Cc1c(NN)nc(C2CC2)nc1N1CCCC2CCCC21. The van der Waals surface area contributed by atoms with Gasteiger partial charge in [-0.05, 0) is 51.4 Å². The molecule has 2 aliphatic carbocycles. The van der Waals surface area contributed by atoms with E-state index in [0.717, 1.165) is 35.5 Å². The first kappa shape index (κ1) is 13.3. The highest BCUT2D eigenvalue weighted by atomic mass is 15.3. The minimum Gasteiger partial charge on any atom is -0.353 e. The Morgan fingerprint density at radius 3 is 2.67 bits per heavy atom. The third kappa shape index (κ3) is 2.27. The van der Waals surface area contributed by atoms with Crippen molar-refractivity contribution in [2.45, 2.75) is 63.8 Å². The molecule has 1 aromatic rings. The molecule has 5 heteroatoms. The van der Waals surface area contributed by atoms with E-state index in [1.165, 1.54) is 44.9 Å². The Kier molecular flexibility index (Phi) is 3.25. The molecule has 4 rings (SSSR count). The number of nitrogens with two attached hydrogens (primary N) is 1. The van der Waals surface area contributed by atoms with Gasteiger partial charge in [0.15, 0.2) is 0 Å². The van der Waals surface area contributed by atoms with Gasteiger partial charge < -0.3 is 10.3 Å². The molecule has 2 heterocycles. The highest BCUT2D eigenvalue weighted by Crippen LogP contribution is 2.43. The van der Waals surface area contributed by atoms with Gasteiger partial charge in [0, 0.05) is 24.1 Å². The summed E-state index contributed by atoms with van der Waals surface area (Å²) < 4.78 is 0. The fourth-order valence-electron chi connectivity index (χ4n) is 4.18. The van der Waals surface area contributed by atoms with E-state index in [9.17, 15) is 0 Å². The van der Waals surface area contributed by atoms with E-state index < -0.39 is 0 Å². The zero-order valence-corrected chi connectivity index (χ0v) is 12.8. The maximum Gasteiger partial charge on any atom is 0.148 e. The van der Waals surface area contributed by atoms with Crippen molar-refractivity contribution < 1.29 is 0 Å². The van der Waals surface area contributed by atoms with Gasteiger partial charge in [-0.15, -0.1) is 0 Å². The molecule has 114 valence electrons. The number of nitrogens with one attached hydrogen (secondary N) is 1. The first-order chi connectivity index (χ1) is 10.3. The van der Waals surface area contributed by atoms with Crippen molar-refractivity contribution >= 4 is 11.6 Å². The number of anilines is 2. The quantitative estimate of drug-likeness (QED) is 0.661. The monoisotopic (exact) mass is 287 g/mol. The molecule has 3 aliphatic rings. The Hall–Kier alpha value is -1.36. The topological polar surface area (TPSA) is 67.1 Å². The van der Waals surface area contributed by atoms with Gasteiger partial charge in [0.25, 0.3) is 0 Å². The van der Waals surface area contributed by atoms with Gasteiger partial charge in [0.05, 0.1) is 0 Å². The number of nitrogens with zero attached hydrogens (tertiary/aromatic N) is 3. The summed E-state index contributed by atoms with van der Waals surface area (Å²) in [7, 11) is 0. The number of aromatic nitrogens is 2. The van der Waals surface area contributed by atoms with Crippen LogP contribution in [0.3, 0.4) is 0 Å². The Balaban J connectivity index is 1.73. The summed E-state index contributed by atoms with van der Waals surface area (Å²) in [6.07, 6.45) is 9.20. The number of hydrogen-bond acceptors (Lipinski definition) is 5. The molecule has 5 nitrogen and oxygen atoms in total. The lowest BCUT2D eigenvalue weighted by molar-refractivity contribution is 0.360. The van der Waals surface area contributed by atoms with E-state index in [2.05, 4.69) is 22.2 Å². The predicted molar refractivity (Wildman–Crippen MR) is 84.3 cm³/mol. The standard InChI is InChI=1S/C16H25N5/c1-10-14(20-17)18-15(12-7-8-12)19-16(10)21-9-3-5-11-4-2-6-13(11)21/h11-13H,2-9,17H2,1H3,(H,18,19,20). The summed E-state index contributed by atoms with van der Waals surface area (Å²) in [6, 6.07) is 0.685. The Morgan fingerprint density at radius 1 is 1.10 bits per heavy atom. The van der Waals surface area contributed by atoms with Gasteiger partial charge in [0.2, 0.25) is 0 Å². The van der Waals surface area contributed by atoms with E-state index in [1.54, 1.807) is 0 Å². The van der Waals surface area contributed by atoms with Crippen LogP contribution in [0, 0.1) is 12.8 Å². The van der Waals surface area contributed by atoms with Crippen LogP contribution in [-0.2, 0) is 0 Å². The number of nitrogen functional groups attached to an aromatic ring is 1. The molecule has 0 aromatic carbocycles. The Bertz CT molecular complexity index is 540.